The Morgan fingerprint density at radius 2 is 1.73 bits per heavy atom. The molecule has 0 aliphatic carbocycles. The second kappa shape index (κ2) is 8.49. The quantitative estimate of drug-likeness (QED) is 0.161. The van der Waals surface area contributed by atoms with E-state index in [1.807, 2.05) is 31.2 Å². The molecule has 8 heteroatoms. The summed E-state index contributed by atoms with van der Waals surface area (Å²) in [6.45, 7) is 5.06. The average Bonchev–Trinajstić information content (AvgIpc) is 3.11. The zero-order valence-electron chi connectivity index (χ0n) is 18.0. The van der Waals surface area contributed by atoms with E-state index >= 15 is 0 Å². The molecule has 33 heavy (non-hydrogen) atoms. The van der Waals surface area contributed by atoms with Crippen molar-refractivity contribution in [1.82, 2.24) is 14.5 Å². The number of nitrogens with one attached hydrogen (secondary N) is 1. The number of aryl methyl sites for hydroxylation is 2. The number of fused-ring (bicyclic) bond motifs is 4. The van der Waals surface area contributed by atoms with Crippen LogP contribution in [-0.4, -0.2) is 20.7 Å². The molecule has 0 fully saturated rings. The minimum atomic E-state index is -1.74. The molecule has 0 bridgehead atoms. The first-order valence-electron chi connectivity index (χ1n) is 10.5. The molecule has 2 heterocycles. The molecule has 5 rings (SSSR count). The van der Waals surface area contributed by atoms with Gasteiger partial charge in [0, 0.05) is 33.7 Å². The number of aromatic nitrogens is 3. The van der Waals surface area contributed by atoms with Gasteiger partial charge in [-0.2, -0.15) is 5.10 Å². The largest absolute Gasteiger partial charge is 0.341 e. The Morgan fingerprint density at radius 1 is 0.939 bits per heavy atom. The molecule has 166 valence electrons. The lowest BCUT2D eigenvalue weighted by molar-refractivity contribution is 0.827. The van der Waals surface area contributed by atoms with Gasteiger partial charge in [-0.3, -0.25) is 5.43 Å². The van der Waals surface area contributed by atoms with Crippen molar-refractivity contribution in [3.8, 4) is 0 Å². The van der Waals surface area contributed by atoms with Gasteiger partial charge >= 0.3 is 0 Å². The van der Waals surface area contributed by atoms with Gasteiger partial charge in [0.25, 0.3) is 0 Å². The van der Waals surface area contributed by atoms with Gasteiger partial charge in [0.15, 0.2) is 11.6 Å². The third kappa shape index (κ3) is 4.12. The lowest BCUT2D eigenvalue weighted by Gasteiger charge is -2.13. The Labute approximate surface area is 206 Å². The van der Waals surface area contributed by atoms with Gasteiger partial charge in [0.2, 0.25) is 3.79 Å². The highest BCUT2D eigenvalue weighted by molar-refractivity contribution is 6.66. The molecule has 5 nitrogen and oxygen atoms in total. The fourth-order valence-corrected chi connectivity index (χ4v) is 4.37. The number of hydrogen-bond donors (Lipinski definition) is 1. The first kappa shape index (κ1) is 22.0. The van der Waals surface area contributed by atoms with Gasteiger partial charge in [-0.05, 0) is 49.7 Å². The molecule has 3 aromatic carbocycles. The lowest BCUT2D eigenvalue weighted by atomic mass is 10.1. The zero-order valence-corrected chi connectivity index (χ0v) is 20.2. The van der Waals surface area contributed by atoms with E-state index in [1.165, 1.54) is 21.8 Å². The van der Waals surface area contributed by atoms with E-state index in [9.17, 15) is 0 Å². The summed E-state index contributed by atoms with van der Waals surface area (Å²) in [7, 11) is 0. The zero-order chi connectivity index (χ0) is 23.2. The maximum absolute atomic E-state index is 6.05. The molecule has 0 spiro atoms. The number of benzene rings is 3. The minimum Gasteiger partial charge on any atom is -0.341 e. The Morgan fingerprint density at radius 3 is 2.52 bits per heavy atom. The fraction of sp³-hybridized carbons (Fsp3) is 0.160. The van der Waals surface area contributed by atoms with Crippen molar-refractivity contribution in [2.75, 3.05) is 5.43 Å². The first-order valence-corrected chi connectivity index (χ1v) is 11.6. The average molecular weight is 497 g/mol. The topological polar surface area (TPSA) is 55.1 Å². The van der Waals surface area contributed by atoms with Crippen LogP contribution in [0.1, 0.15) is 23.9 Å². The van der Waals surface area contributed by atoms with Gasteiger partial charge < -0.3 is 4.57 Å². The Hall–Kier alpha value is -2.86. The van der Waals surface area contributed by atoms with Crippen LogP contribution in [0.2, 0.25) is 0 Å². The molecular formula is C25H20Cl3N5. The lowest BCUT2D eigenvalue weighted by Crippen LogP contribution is -2.09. The van der Waals surface area contributed by atoms with Gasteiger partial charge in [-0.1, -0.05) is 70.7 Å². The highest BCUT2D eigenvalue weighted by atomic mass is 35.6. The summed E-state index contributed by atoms with van der Waals surface area (Å²) in [5.41, 5.74) is 8.14. The van der Waals surface area contributed by atoms with Crippen LogP contribution < -0.4 is 5.43 Å². The molecule has 5 aromatic rings. The van der Waals surface area contributed by atoms with Gasteiger partial charge in [-0.15, -0.1) is 0 Å². The van der Waals surface area contributed by atoms with Gasteiger partial charge in [0.1, 0.15) is 0 Å². The Bertz CT molecular complexity index is 1530. The number of hydrazone groups is 1. The molecule has 0 unspecified atom stereocenters. The van der Waals surface area contributed by atoms with Crippen LogP contribution in [0.4, 0.5) is 5.82 Å². The molecule has 2 aromatic heterocycles. The third-order valence-corrected chi connectivity index (χ3v) is 6.11. The van der Waals surface area contributed by atoms with Crippen LogP contribution >= 0.6 is 34.8 Å². The number of rotatable bonds is 4. The smallest absolute Gasteiger partial charge is 0.250 e. The van der Waals surface area contributed by atoms with Crippen LogP contribution in [0.15, 0.2) is 65.8 Å². The maximum Gasteiger partial charge on any atom is 0.250 e. The molecule has 1 N–H and O–H groups in total. The normalized spacial score (nSPS) is 12.4. The molecule has 0 saturated heterocycles. The van der Waals surface area contributed by atoms with Crippen LogP contribution in [0, 0.1) is 6.92 Å². The van der Waals surface area contributed by atoms with Crippen molar-refractivity contribution < 1.29 is 0 Å². The van der Waals surface area contributed by atoms with Crippen LogP contribution in [-0.2, 0) is 10.3 Å². The summed E-state index contributed by atoms with van der Waals surface area (Å²) < 4.78 is 0.579. The van der Waals surface area contributed by atoms with Gasteiger partial charge in [-0.25, -0.2) is 9.97 Å². The van der Waals surface area contributed by atoms with Crippen molar-refractivity contribution in [1.29, 1.82) is 0 Å². The Balaban J connectivity index is 1.53. The van der Waals surface area contributed by atoms with E-state index in [2.05, 4.69) is 68.4 Å². The fourth-order valence-electron chi connectivity index (χ4n) is 4.11. The number of alkyl halides is 3. The standard InChI is InChI=1S/C25H20Cl3N5/c1-3-33-21-7-5-4-6-17(21)18-13-16(9-11-22(18)33)14-29-32-23-19-12-15(2)8-10-20(19)30-24(31-23)25(26,27)28/h4-14H,3H2,1-2H3,(H,30,31,32)/b29-14-. The van der Waals surface area contributed by atoms with Crippen molar-refractivity contribution in [2.45, 2.75) is 24.2 Å². The van der Waals surface area contributed by atoms with E-state index in [1.54, 1.807) is 6.21 Å². The number of para-hydroxylation sites is 1. The molecule has 0 saturated carbocycles. The van der Waals surface area contributed by atoms with Crippen molar-refractivity contribution >= 4 is 79.5 Å². The highest BCUT2D eigenvalue weighted by Gasteiger charge is 2.28. The second-order valence-electron chi connectivity index (χ2n) is 7.82. The van der Waals surface area contributed by atoms with Crippen molar-refractivity contribution in [2.24, 2.45) is 5.10 Å². The number of nitrogens with zero attached hydrogens (tertiary/aromatic N) is 4. The molecule has 0 atom stereocenters. The summed E-state index contributed by atoms with van der Waals surface area (Å²) in [5, 5.41) is 7.64. The summed E-state index contributed by atoms with van der Waals surface area (Å²) >= 11 is 18.1. The number of hydrogen-bond acceptors (Lipinski definition) is 4. The van der Waals surface area contributed by atoms with Crippen LogP contribution in [0.25, 0.3) is 32.7 Å². The van der Waals surface area contributed by atoms with E-state index < -0.39 is 3.79 Å². The highest BCUT2D eigenvalue weighted by Crippen LogP contribution is 2.37. The Kier molecular flexibility index (Phi) is 5.65. The van der Waals surface area contributed by atoms with Crippen molar-refractivity contribution in [3.63, 3.8) is 0 Å². The van der Waals surface area contributed by atoms with Gasteiger partial charge in [0.05, 0.1) is 11.7 Å². The predicted octanol–water partition coefficient (Wildman–Crippen LogP) is 7.34. The number of anilines is 1. The minimum absolute atomic E-state index is 0.0929. The summed E-state index contributed by atoms with van der Waals surface area (Å²) in [6, 6.07) is 20.6. The van der Waals surface area contributed by atoms with Crippen LogP contribution in [0.3, 0.4) is 0 Å². The molecule has 0 radical (unpaired) electrons. The maximum atomic E-state index is 6.05. The number of halogens is 3. The third-order valence-electron chi connectivity index (χ3n) is 5.60. The molecule has 0 aliphatic heterocycles. The van der Waals surface area contributed by atoms with E-state index in [4.69, 9.17) is 34.8 Å². The molecular weight excluding hydrogens is 477 g/mol. The SMILES string of the molecule is CCn1c2ccccc2c2cc(/C=N\Nc3nc(C(Cl)(Cl)Cl)nc4ccc(C)cc34)ccc21. The van der Waals surface area contributed by atoms with E-state index in [-0.39, 0.29) is 5.82 Å². The summed E-state index contributed by atoms with van der Waals surface area (Å²) in [6.07, 6.45) is 1.76. The summed E-state index contributed by atoms with van der Waals surface area (Å²) in [5.74, 6) is 0.570. The summed E-state index contributed by atoms with van der Waals surface area (Å²) in [4.78, 5) is 8.80. The van der Waals surface area contributed by atoms with E-state index in [0.29, 0.717) is 11.3 Å². The monoisotopic (exact) mass is 495 g/mol. The molecule has 0 amide bonds. The predicted molar refractivity (Wildman–Crippen MR) is 140 cm³/mol. The first-order chi connectivity index (χ1) is 15.8. The molecule has 0 aliphatic rings. The van der Waals surface area contributed by atoms with Crippen LogP contribution in [0.5, 0.6) is 0 Å². The van der Waals surface area contributed by atoms with Crippen molar-refractivity contribution in [3.05, 3.63) is 77.6 Å². The van der Waals surface area contributed by atoms with E-state index in [0.717, 1.165) is 23.1 Å². The second-order valence-corrected chi connectivity index (χ2v) is 10.1.